The maximum absolute atomic E-state index is 12.3. The fourth-order valence-electron chi connectivity index (χ4n) is 2.79. The molecule has 2 aliphatic heterocycles. The van der Waals surface area contributed by atoms with E-state index in [1.165, 1.54) is 0 Å². The zero-order chi connectivity index (χ0) is 15.2. The average Bonchev–Trinajstić information content (AvgIpc) is 2.57. The summed E-state index contributed by atoms with van der Waals surface area (Å²) in [6, 6.07) is 2.17. The number of amides is 1. The molecular weight excluding hydrogens is 284 g/mol. The highest BCUT2D eigenvalue weighted by molar-refractivity contribution is 5.76. The van der Waals surface area contributed by atoms with E-state index in [1.807, 2.05) is 4.90 Å². The molecule has 0 aromatic carbocycles. The summed E-state index contributed by atoms with van der Waals surface area (Å²) in [6.45, 7) is 3.75. The number of nitrogens with zero attached hydrogens (tertiary/aromatic N) is 3. The van der Waals surface area contributed by atoms with Gasteiger partial charge in [-0.3, -0.25) is 4.79 Å². The van der Waals surface area contributed by atoms with Crippen molar-refractivity contribution in [3.63, 3.8) is 0 Å². The van der Waals surface area contributed by atoms with E-state index >= 15 is 0 Å². The van der Waals surface area contributed by atoms with E-state index in [-0.39, 0.29) is 18.1 Å². The Balaban J connectivity index is 1.42. The van der Waals surface area contributed by atoms with Crippen LogP contribution in [-0.2, 0) is 9.53 Å². The topological polar surface area (TPSA) is 76.6 Å². The van der Waals surface area contributed by atoms with Crippen LogP contribution in [0.15, 0.2) is 18.5 Å². The number of likely N-dealkylation sites (tertiary alicyclic amines) is 1. The minimum absolute atomic E-state index is 0.00735. The molecule has 0 radical (unpaired) electrons. The maximum Gasteiger partial charge on any atom is 0.316 e. The van der Waals surface area contributed by atoms with Gasteiger partial charge in [-0.1, -0.05) is 0 Å². The third kappa shape index (κ3) is 4.14. The van der Waals surface area contributed by atoms with E-state index in [0.29, 0.717) is 19.0 Å². The number of carbonyl (C=O) groups excluding carboxylic acids is 1. The van der Waals surface area contributed by atoms with Gasteiger partial charge in [0.05, 0.1) is 19.1 Å². The van der Waals surface area contributed by atoms with Crippen LogP contribution < -0.4 is 10.1 Å². The van der Waals surface area contributed by atoms with Gasteiger partial charge in [0.2, 0.25) is 5.91 Å². The Labute approximate surface area is 130 Å². The van der Waals surface area contributed by atoms with Gasteiger partial charge in [-0.05, 0) is 6.07 Å². The zero-order valence-corrected chi connectivity index (χ0v) is 12.6. The molecule has 0 bridgehead atoms. The largest absolute Gasteiger partial charge is 0.460 e. The second-order valence-electron chi connectivity index (χ2n) is 5.63. The Kier molecular flexibility index (Phi) is 5.18. The van der Waals surface area contributed by atoms with Crippen molar-refractivity contribution in [3.05, 3.63) is 18.5 Å². The molecule has 0 spiro atoms. The number of hydrogen-bond acceptors (Lipinski definition) is 6. The molecule has 1 aromatic rings. The van der Waals surface area contributed by atoms with Gasteiger partial charge in [0.25, 0.3) is 0 Å². The number of hydrogen-bond donors (Lipinski definition) is 1. The van der Waals surface area contributed by atoms with Crippen molar-refractivity contribution in [3.8, 4) is 6.01 Å². The standard InChI is InChI=1S/C15H22N4O3/c20-14(10-13-11-16-6-9-21-13)19-7-2-12(3-8-19)22-15-17-4-1-5-18-15/h1,4-5,12-13,16H,2-3,6-11H2. The van der Waals surface area contributed by atoms with Gasteiger partial charge in [0, 0.05) is 51.4 Å². The Morgan fingerprint density at radius 1 is 1.36 bits per heavy atom. The second kappa shape index (κ2) is 7.51. The number of ether oxygens (including phenoxy) is 2. The summed E-state index contributed by atoms with van der Waals surface area (Å²) in [5.41, 5.74) is 0. The van der Waals surface area contributed by atoms with Crippen LogP contribution in [0.3, 0.4) is 0 Å². The van der Waals surface area contributed by atoms with Crippen molar-refractivity contribution < 1.29 is 14.3 Å². The first kappa shape index (κ1) is 15.2. The Bertz CT molecular complexity index is 471. The molecular formula is C15H22N4O3. The van der Waals surface area contributed by atoms with Gasteiger partial charge in [0.15, 0.2) is 0 Å². The summed E-state index contributed by atoms with van der Waals surface area (Å²) in [6.07, 6.45) is 5.51. The van der Waals surface area contributed by atoms with E-state index in [0.717, 1.165) is 39.0 Å². The number of carbonyl (C=O) groups is 1. The molecule has 0 aliphatic carbocycles. The lowest BCUT2D eigenvalue weighted by molar-refractivity contribution is -0.136. The van der Waals surface area contributed by atoms with Gasteiger partial charge in [-0.2, -0.15) is 0 Å². The van der Waals surface area contributed by atoms with Crippen LogP contribution in [0.25, 0.3) is 0 Å². The quantitative estimate of drug-likeness (QED) is 0.858. The van der Waals surface area contributed by atoms with Crippen molar-refractivity contribution in [2.75, 3.05) is 32.8 Å². The predicted octanol–water partition coefficient (Wildman–Crippen LogP) is 0.225. The van der Waals surface area contributed by atoms with Crippen LogP contribution in [0.4, 0.5) is 0 Å². The second-order valence-corrected chi connectivity index (χ2v) is 5.63. The molecule has 2 aliphatic rings. The third-order valence-electron chi connectivity index (χ3n) is 4.02. The summed E-state index contributed by atoms with van der Waals surface area (Å²) in [7, 11) is 0. The van der Waals surface area contributed by atoms with Crippen LogP contribution in [0, 0.1) is 0 Å². The molecule has 2 fully saturated rings. The first-order chi connectivity index (χ1) is 10.8. The van der Waals surface area contributed by atoms with Gasteiger partial charge in [0.1, 0.15) is 6.10 Å². The SMILES string of the molecule is O=C(CC1CNCCO1)N1CCC(Oc2ncccn2)CC1. The first-order valence-electron chi connectivity index (χ1n) is 7.85. The fourth-order valence-corrected chi connectivity index (χ4v) is 2.79. The van der Waals surface area contributed by atoms with E-state index < -0.39 is 0 Å². The number of nitrogens with one attached hydrogen (secondary N) is 1. The minimum atomic E-state index is 0.00735. The third-order valence-corrected chi connectivity index (χ3v) is 4.02. The zero-order valence-electron chi connectivity index (χ0n) is 12.6. The van der Waals surface area contributed by atoms with Crippen molar-refractivity contribution in [2.24, 2.45) is 0 Å². The normalized spacial score (nSPS) is 23.3. The van der Waals surface area contributed by atoms with Crippen LogP contribution in [-0.4, -0.2) is 65.8 Å². The highest BCUT2D eigenvalue weighted by atomic mass is 16.5. The Hall–Kier alpha value is -1.73. The number of aromatic nitrogens is 2. The maximum atomic E-state index is 12.3. The molecule has 2 saturated heterocycles. The average molecular weight is 306 g/mol. The lowest BCUT2D eigenvalue weighted by Crippen LogP contribution is -2.45. The minimum Gasteiger partial charge on any atom is -0.460 e. The van der Waals surface area contributed by atoms with Crippen LogP contribution in [0.2, 0.25) is 0 Å². The summed E-state index contributed by atoms with van der Waals surface area (Å²) < 4.78 is 11.3. The smallest absolute Gasteiger partial charge is 0.316 e. The number of morpholine rings is 1. The summed E-state index contributed by atoms with van der Waals surface area (Å²) in [4.78, 5) is 22.3. The fraction of sp³-hybridized carbons (Fsp3) is 0.667. The molecule has 3 heterocycles. The van der Waals surface area contributed by atoms with Crippen molar-refractivity contribution in [2.45, 2.75) is 31.5 Å². The molecule has 3 rings (SSSR count). The van der Waals surface area contributed by atoms with E-state index in [9.17, 15) is 4.79 Å². The van der Waals surface area contributed by atoms with Crippen LogP contribution in [0.1, 0.15) is 19.3 Å². The van der Waals surface area contributed by atoms with E-state index in [1.54, 1.807) is 18.5 Å². The molecule has 1 unspecified atom stereocenters. The molecule has 1 N–H and O–H groups in total. The first-order valence-corrected chi connectivity index (χ1v) is 7.85. The molecule has 1 amide bonds. The molecule has 0 saturated carbocycles. The summed E-state index contributed by atoms with van der Waals surface area (Å²) >= 11 is 0. The summed E-state index contributed by atoms with van der Waals surface area (Å²) in [5, 5.41) is 3.25. The predicted molar refractivity (Wildman–Crippen MR) is 79.5 cm³/mol. The highest BCUT2D eigenvalue weighted by Gasteiger charge is 2.26. The lowest BCUT2D eigenvalue weighted by Gasteiger charge is -2.33. The highest BCUT2D eigenvalue weighted by Crippen LogP contribution is 2.17. The van der Waals surface area contributed by atoms with E-state index in [4.69, 9.17) is 9.47 Å². The molecule has 7 nitrogen and oxygen atoms in total. The Morgan fingerprint density at radius 3 is 2.82 bits per heavy atom. The number of piperidine rings is 1. The van der Waals surface area contributed by atoms with Gasteiger partial charge < -0.3 is 19.7 Å². The van der Waals surface area contributed by atoms with Crippen LogP contribution >= 0.6 is 0 Å². The molecule has 1 aromatic heterocycles. The monoisotopic (exact) mass is 306 g/mol. The van der Waals surface area contributed by atoms with Crippen molar-refractivity contribution >= 4 is 5.91 Å². The summed E-state index contributed by atoms with van der Waals surface area (Å²) in [5.74, 6) is 0.170. The molecule has 7 heteroatoms. The number of rotatable bonds is 4. The van der Waals surface area contributed by atoms with Crippen molar-refractivity contribution in [1.29, 1.82) is 0 Å². The van der Waals surface area contributed by atoms with Crippen LogP contribution in [0.5, 0.6) is 6.01 Å². The van der Waals surface area contributed by atoms with Gasteiger partial charge >= 0.3 is 6.01 Å². The van der Waals surface area contributed by atoms with Gasteiger partial charge in [-0.15, -0.1) is 0 Å². The lowest BCUT2D eigenvalue weighted by atomic mass is 10.1. The molecule has 120 valence electrons. The van der Waals surface area contributed by atoms with Crippen molar-refractivity contribution in [1.82, 2.24) is 20.2 Å². The Morgan fingerprint density at radius 2 is 2.14 bits per heavy atom. The molecule has 22 heavy (non-hydrogen) atoms. The van der Waals surface area contributed by atoms with Gasteiger partial charge in [-0.25, -0.2) is 9.97 Å². The molecule has 1 atom stereocenters. The van der Waals surface area contributed by atoms with E-state index in [2.05, 4.69) is 15.3 Å².